The summed E-state index contributed by atoms with van der Waals surface area (Å²) in [6.45, 7) is 1.79. The van der Waals surface area contributed by atoms with Crippen LogP contribution < -0.4 is 5.32 Å². The highest BCUT2D eigenvalue weighted by Gasteiger charge is 2.48. The zero-order valence-corrected chi connectivity index (χ0v) is 10.9. The number of aromatic amines is 1. The molecule has 1 atom stereocenters. The lowest BCUT2D eigenvalue weighted by molar-refractivity contribution is -0.144. The van der Waals surface area contributed by atoms with Crippen LogP contribution in [0.4, 0.5) is 4.79 Å². The number of aliphatic carboxylic acids is 1. The van der Waals surface area contributed by atoms with E-state index in [2.05, 4.69) is 20.5 Å². The summed E-state index contributed by atoms with van der Waals surface area (Å²) in [5.74, 6) is -0.454. The number of nitrogens with one attached hydrogen (secondary N) is 2. The fourth-order valence-corrected chi connectivity index (χ4v) is 1.91. The van der Waals surface area contributed by atoms with Crippen LogP contribution in [0.2, 0.25) is 0 Å². The van der Waals surface area contributed by atoms with Gasteiger partial charge in [0.25, 0.3) is 0 Å². The third-order valence-electron chi connectivity index (χ3n) is 3.40. The predicted octanol–water partition coefficient (Wildman–Crippen LogP) is 0.199. The largest absolute Gasteiger partial charge is 0.480 e. The highest BCUT2D eigenvalue weighted by molar-refractivity contribution is 5.86. The molecule has 1 saturated carbocycles. The molecular formula is C11H17N5O3. The molecule has 2 amide bonds. The van der Waals surface area contributed by atoms with Crippen molar-refractivity contribution >= 4 is 12.0 Å². The van der Waals surface area contributed by atoms with E-state index in [1.807, 2.05) is 0 Å². The Labute approximate surface area is 110 Å². The molecule has 8 nitrogen and oxygen atoms in total. The summed E-state index contributed by atoms with van der Waals surface area (Å²) in [4.78, 5) is 28.6. The average molecular weight is 267 g/mol. The van der Waals surface area contributed by atoms with Crippen molar-refractivity contribution in [3.63, 3.8) is 0 Å². The average Bonchev–Trinajstić information content (AvgIpc) is 3.09. The maximum Gasteiger partial charge on any atom is 0.329 e. The normalized spacial score (nSPS) is 17.6. The second kappa shape index (κ2) is 4.87. The Morgan fingerprint density at radius 2 is 2.32 bits per heavy atom. The number of carbonyl (C=O) groups is 2. The molecule has 0 bridgehead atoms. The SMILES string of the molecule is CN(Cc1ncn[nH]1)C(=O)NC(C)(C(=O)O)C1CC1. The highest BCUT2D eigenvalue weighted by Crippen LogP contribution is 2.39. The molecular weight excluding hydrogens is 250 g/mol. The Morgan fingerprint density at radius 3 is 2.79 bits per heavy atom. The maximum atomic E-state index is 12.0. The van der Waals surface area contributed by atoms with Crippen molar-refractivity contribution < 1.29 is 14.7 Å². The van der Waals surface area contributed by atoms with E-state index >= 15 is 0 Å². The highest BCUT2D eigenvalue weighted by atomic mass is 16.4. The van der Waals surface area contributed by atoms with Crippen LogP contribution in [-0.2, 0) is 11.3 Å². The maximum absolute atomic E-state index is 12.0. The minimum Gasteiger partial charge on any atom is -0.480 e. The van der Waals surface area contributed by atoms with Crippen molar-refractivity contribution in [2.45, 2.75) is 31.8 Å². The van der Waals surface area contributed by atoms with Crippen molar-refractivity contribution in [2.75, 3.05) is 7.05 Å². The molecule has 1 aromatic heterocycles. The molecule has 8 heteroatoms. The standard InChI is InChI=1S/C11H17N5O3/c1-11(9(17)18,7-3-4-7)14-10(19)16(2)5-8-12-6-13-15-8/h6-7H,3-5H2,1-2H3,(H,14,19)(H,17,18)(H,12,13,15). The number of amides is 2. The summed E-state index contributed by atoms with van der Waals surface area (Å²) in [5, 5.41) is 18.2. The van der Waals surface area contributed by atoms with E-state index in [1.165, 1.54) is 11.2 Å². The first-order chi connectivity index (χ1) is 8.93. The van der Waals surface area contributed by atoms with Crippen molar-refractivity contribution in [1.82, 2.24) is 25.4 Å². The van der Waals surface area contributed by atoms with Crippen molar-refractivity contribution in [1.29, 1.82) is 0 Å². The Morgan fingerprint density at radius 1 is 1.63 bits per heavy atom. The number of urea groups is 1. The van der Waals surface area contributed by atoms with Gasteiger partial charge in [-0.2, -0.15) is 5.10 Å². The van der Waals surface area contributed by atoms with Gasteiger partial charge in [-0.3, -0.25) is 5.10 Å². The number of aromatic nitrogens is 3. The minimum absolute atomic E-state index is 0.00706. The Kier molecular flexibility index (Phi) is 3.41. The van der Waals surface area contributed by atoms with E-state index in [1.54, 1.807) is 14.0 Å². The molecule has 1 unspecified atom stereocenters. The van der Waals surface area contributed by atoms with Crippen LogP contribution >= 0.6 is 0 Å². The molecule has 1 heterocycles. The zero-order valence-electron chi connectivity index (χ0n) is 10.9. The smallest absolute Gasteiger partial charge is 0.329 e. The lowest BCUT2D eigenvalue weighted by atomic mass is 9.96. The molecule has 104 valence electrons. The van der Waals surface area contributed by atoms with Gasteiger partial charge < -0.3 is 15.3 Å². The fourth-order valence-electron chi connectivity index (χ4n) is 1.91. The number of rotatable bonds is 5. The van der Waals surface area contributed by atoms with Crippen molar-refractivity contribution in [3.8, 4) is 0 Å². The third kappa shape index (κ3) is 2.83. The van der Waals surface area contributed by atoms with Gasteiger partial charge in [0.1, 0.15) is 17.7 Å². The Bertz CT molecular complexity index is 471. The monoisotopic (exact) mass is 267 g/mol. The van der Waals surface area contributed by atoms with Crippen LogP contribution in [0, 0.1) is 5.92 Å². The molecule has 3 N–H and O–H groups in total. The van der Waals surface area contributed by atoms with Crippen LogP contribution in [0.1, 0.15) is 25.6 Å². The number of carboxylic acid groups (broad SMARTS) is 1. The van der Waals surface area contributed by atoms with Gasteiger partial charge in [0, 0.05) is 7.05 Å². The molecule has 0 aliphatic heterocycles. The van der Waals surface area contributed by atoms with Gasteiger partial charge >= 0.3 is 12.0 Å². The molecule has 0 spiro atoms. The summed E-state index contributed by atoms with van der Waals surface area (Å²) in [7, 11) is 1.58. The van der Waals surface area contributed by atoms with Crippen molar-refractivity contribution in [3.05, 3.63) is 12.2 Å². The molecule has 0 saturated heterocycles. The molecule has 1 fully saturated rings. The van der Waals surface area contributed by atoms with Gasteiger partial charge in [-0.15, -0.1) is 0 Å². The lowest BCUT2D eigenvalue weighted by Crippen LogP contribution is -2.56. The van der Waals surface area contributed by atoms with Crippen LogP contribution in [-0.4, -0.2) is 49.8 Å². The molecule has 19 heavy (non-hydrogen) atoms. The van der Waals surface area contributed by atoms with Gasteiger partial charge in [0.15, 0.2) is 0 Å². The Hall–Kier alpha value is -2.12. The number of carboxylic acids is 1. The van der Waals surface area contributed by atoms with Crippen LogP contribution in [0.25, 0.3) is 0 Å². The number of hydrogen-bond acceptors (Lipinski definition) is 4. The van der Waals surface area contributed by atoms with E-state index in [9.17, 15) is 14.7 Å². The molecule has 1 aliphatic carbocycles. The number of H-pyrrole nitrogens is 1. The summed E-state index contributed by atoms with van der Waals surface area (Å²) in [6, 6.07) is -0.437. The summed E-state index contributed by atoms with van der Waals surface area (Å²) < 4.78 is 0. The summed E-state index contributed by atoms with van der Waals surface area (Å²) >= 11 is 0. The van der Waals surface area contributed by atoms with Gasteiger partial charge in [0.2, 0.25) is 0 Å². The molecule has 1 aromatic rings. The first kappa shape index (κ1) is 13.3. The van der Waals surface area contributed by atoms with Gasteiger partial charge in [-0.25, -0.2) is 14.6 Å². The van der Waals surface area contributed by atoms with Crippen molar-refractivity contribution in [2.24, 2.45) is 5.92 Å². The van der Waals surface area contributed by atoms with Gasteiger partial charge in [-0.05, 0) is 25.7 Å². The van der Waals surface area contributed by atoms with Gasteiger partial charge in [0.05, 0.1) is 6.54 Å². The second-order valence-electron chi connectivity index (χ2n) is 5.00. The molecule has 0 aromatic carbocycles. The number of hydrogen-bond donors (Lipinski definition) is 3. The minimum atomic E-state index is -1.20. The van der Waals surface area contributed by atoms with E-state index in [4.69, 9.17) is 0 Å². The first-order valence-corrected chi connectivity index (χ1v) is 6.04. The molecule has 2 rings (SSSR count). The van der Waals surface area contributed by atoms with E-state index in [0.717, 1.165) is 12.8 Å². The van der Waals surface area contributed by atoms with Crippen LogP contribution in [0.3, 0.4) is 0 Å². The first-order valence-electron chi connectivity index (χ1n) is 6.04. The molecule has 0 radical (unpaired) electrons. The van der Waals surface area contributed by atoms with Crippen LogP contribution in [0.5, 0.6) is 0 Å². The Balaban J connectivity index is 1.97. The fraction of sp³-hybridized carbons (Fsp3) is 0.636. The number of carbonyl (C=O) groups excluding carboxylic acids is 1. The predicted molar refractivity (Wildman–Crippen MR) is 65.1 cm³/mol. The lowest BCUT2D eigenvalue weighted by Gasteiger charge is -2.28. The molecule has 1 aliphatic rings. The summed E-state index contributed by atoms with van der Waals surface area (Å²) in [5.41, 5.74) is -1.20. The van der Waals surface area contributed by atoms with E-state index < -0.39 is 17.5 Å². The zero-order chi connectivity index (χ0) is 14.0. The van der Waals surface area contributed by atoms with E-state index in [0.29, 0.717) is 5.82 Å². The summed E-state index contributed by atoms with van der Waals surface area (Å²) in [6.07, 6.45) is 3.01. The van der Waals surface area contributed by atoms with E-state index in [-0.39, 0.29) is 12.5 Å². The number of nitrogens with zero attached hydrogens (tertiary/aromatic N) is 3. The van der Waals surface area contributed by atoms with Gasteiger partial charge in [-0.1, -0.05) is 0 Å². The quantitative estimate of drug-likeness (QED) is 0.705. The topological polar surface area (TPSA) is 111 Å². The second-order valence-corrected chi connectivity index (χ2v) is 5.00. The van der Waals surface area contributed by atoms with Crippen LogP contribution in [0.15, 0.2) is 6.33 Å². The third-order valence-corrected chi connectivity index (χ3v) is 3.40.